The van der Waals surface area contributed by atoms with Gasteiger partial charge in [0, 0.05) is 51.1 Å². The zero-order chi connectivity index (χ0) is 19.3. The molecule has 0 amide bonds. The van der Waals surface area contributed by atoms with Crippen LogP contribution in [0.25, 0.3) is 0 Å². The Morgan fingerprint density at radius 1 is 1.11 bits per heavy atom. The normalized spacial score (nSPS) is 14.0. The number of rotatable bonds is 5. The van der Waals surface area contributed by atoms with Crippen LogP contribution >= 0.6 is 0 Å². The van der Waals surface area contributed by atoms with Crippen LogP contribution in [0.15, 0.2) is 35.4 Å². The van der Waals surface area contributed by atoms with Crippen molar-refractivity contribution in [1.29, 1.82) is 5.26 Å². The van der Waals surface area contributed by atoms with Gasteiger partial charge >= 0.3 is 0 Å². The molecule has 10 heteroatoms. The van der Waals surface area contributed by atoms with Crippen molar-refractivity contribution in [3.05, 3.63) is 47.9 Å². The van der Waals surface area contributed by atoms with E-state index in [0.717, 1.165) is 31.7 Å². The fraction of sp³-hybridized carbons (Fsp3) is 0.333. The molecule has 28 heavy (non-hydrogen) atoms. The summed E-state index contributed by atoms with van der Waals surface area (Å²) in [6, 6.07) is 3.86. The van der Waals surface area contributed by atoms with Gasteiger partial charge in [0.2, 0.25) is 11.8 Å². The van der Waals surface area contributed by atoms with E-state index in [1.54, 1.807) is 31.6 Å². The van der Waals surface area contributed by atoms with E-state index in [0.29, 0.717) is 29.1 Å². The highest BCUT2D eigenvalue weighted by molar-refractivity contribution is 5.38. The van der Waals surface area contributed by atoms with Gasteiger partial charge in [0.05, 0.1) is 18.0 Å². The van der Waals surface area contributed by atoms with Crippen molar-refractivity contribution >= 4 is 11.9 Å². The van der Waals surface area contributed by atoms with Crippen LogP contribution in [0.1, 0.15) is 17.0 Å². The number of nitriles is 1. The van der Waals surface area contributed by atoms with Crippen LogP contribution in [0.4, 0.5) is 11.9 Å². The summed E-state index contributed by atoms with van der Waals surface area (Å²) >= 11 is 0. The van der Waals surface area contributed by atoms with Gasteiger partial charge in [-0.15, -0.1) is 0 Å². The Hall–Kier alpha value is -3.74. The Morgan fingerprint density at radius 3 is 2.46 bits per heavy atom. The molecule has 3 aromatic rings. The van der Waals surface area contributed by atoms with Gasteiger partial charge in [-0.2, -0.15) is 10.2 Å². The molecule has 0 radical (unpaired) electrons. The van der Waals surface area contributed by atoms with Crippen molar-refractivity contribution < 1.29 is 9.26 Å². The summed E-state index contributed by atoms with van der Waals surface area (Å²) in [7, 11) is 0. The second kappa shape index (κ2) is 7.87. The molecule has 4 rings (SSSR count). The maximum Gasteiger partial charge on any atom is 0.266 e. The van der Waals surface area contributed by atoms with Crippen LogP contribution in [0.3, 0.4) is 0 Å². The first-order valence-corrected chi connectivity index (χ1v) is 8.81. The van der Waals surface area contributed by atoms with Gasteiger partial charge in [-0.25, -0.2) is 9.97 Å². The average Bonchev–Trinajstić information content (AvgIpc) is 3.19. The molecular weight excluding hydrogens is 360 g/mol. The van der Waals surface area contributed by atoms with E-state index < -0.39 is 0 Å². The van der Waals surface area contributed by atoms with E-state index >= 15 is 0 Å². The van der Waals surface area contributed by atoms with Crippen LogP contribution in [-0.4, -0.2) is 51.3 Å². The lowest BCUT2D eigenvalue weighted by Gasteiger charge is -2.33. The van der Waals surface area contributed by atoms with E-state index in [-0.39, 0.29) is 6.61 Å². The van der Waals surface area contributed by atoms with E-state index in [1.807, 2.05) is 0 Å². The summed E-state index contributed by atoms with van der Waals surface area (Å²) in [6.07, 6.45) is 6.44. The van der Waals surface area contributed by atoms with Crippen molar-refractivity contribution in [3.8, 4) is 11.8 Å². The number of anilines is 2. The Balaban J connectivity index is 1.33. The van der Waals surface area contributed by atoms with E-state index in [9.17, 15) is 0 Å². The molecule has 0 aromatic carbocycles. The van der Waals surface area contributed by atoms with E-state index in [4.69, 9.17) is 14.5 Å². The smallest absolute Gasteiger partial charge is 0.266 e. The van der Waals surface area contributed by atoms with Gasteiger partial charge in [0.15, 0.2) is 5.75 Å². The first-order valence-electron chi connectivity index (χ1n) is 8.81. The molecule has 3 aromatic heterocycles. The van der Waals surface area contributed by atoms with Crippen LogP contribution in [0, 0.1) is 18.3 Å². The molecule has 10 nitrogen and oxygen atoms in total. The summed E-state index contributed by atoms with van der Waals surface area (Å²) < 4.78 is 10.7. The number of nitrogens with zero attached hydrogens (tertiary/aromatic N) is 8. The highest BCUT2D eigenvalue weighted by Crippen LogP contribution is 2.18. The number of ether oxygens (including phenoxy) is 1. The zero-order valence-corrected chi connectivity index (χ0v) is 15.3. The van der Waals surface area contributed by atoms with Crippen molar-refractivity contribution in [1.82, 2.24) is 25.1 Å². The minimum Gasteiger partial charge on any atom is -0.486 e. The summed E-state index contributed by atoms with van der Waals surface area (Å²) in [5, 5.41) is 13.1. The predicted molar refractivity (Wildman–Crippen MR) is 98.8 cm³/mol. The highest BCUT2D eigenvalue weighted by Gasteiger charge is 2.22. The maximum absolute atomic E-state index is 9.10. The topological polar surface area (TPSA) is 117 Å². The molecule has 0 atom stereocenters. The van der Waals surface area contributed by atoms with Crippen LogP contribution in [-0.2, 0) is 6.61 Å². The molecule has 4 heterocycles. The van der Waals surface area contributed by atoms with Crippen molar-refractivity contribution in [2.24, 2.45) is 0 Å². The van der Waals surface area contributed by atoms with E-state index in [2.05, 4.69) is 41.0 Å². The summed E-state index contributed by atoms with van der Waals surface area (Å²) in [5.41, 5.74) is 1.27. The molecule has 142 valence electrons. The fourth-order valence-corrected chi connectivity index (χ4v) is 2.88. The zero-order valence-electron chi connectivity index (χ0n) is 15.3. The first-order chi connectivity index (χ1) is 13.7. The predicted octanol–water partition coefficient (Wildman–Crippen LogP) is 1.34. The maximum atomic E-state index is 9.10. The molecule has 0 unspecified atom stereocenters. The minimum atomic E-state index is 0.261. The monoisotopic (exact) mass is 378 g/mol. The van der Waals surface area contributed by atoms with Crippen molar-refractivity contribution in [2.45, 2.75) is 13.5 Å². The Labute approximate surface area is 161 Å². The summed E-state index contributed by atoms with van der Waals surface area (Å²) in [4.78, 5) is 21.2. The lowest BCUT2D eigenvalue weighted by molar-refractivity contribution is 0.303. The fourth-order valence-electron chi connectivity index (χ4n) is 2.88. The molecule has 0 N–H and O–H groups in total. The third-order valence-electron chi connectivity index (χ3n) is 4.40. The van der Waals surface area contributed by atoms with Crippen LogP contribution in [0.5, 0.6) is 5.75 Å². The van der Waals surface area contributed by atoms with E-state index in [1.165, 1.54) is 6.20 Å². The van der Waals surface area contributed by atoms with Crippen LogP contribution < -0.4 is 14.5 Å². The Bertz CT molecular complexity index is 974. The number of hydrogen-bond acceptors (Lipinski definition) is 10. The minimum absolute atomic E-state index is 0.261. The lowest BCUT2D eigenvalue weighted by Crippen LogP contribution is -2.47. The second-order valence-corrected chi connectivity index (χ2v) is 6.24. The SMILES string of the molecule is Cc1nc(N2CCN(c3ncc(OCc4ccncc4C#N)cn3)CC2)no1. The van der Waals surface area contributed by atoms with Gasteiger partial charge in [-0.3, -0.25) is 4.98 Å². The molecule has 1 aliphatic rings. The average molecular weight is 378 g/mol. The van der Waals surface area contributed by atoms with Gasteiger partial charge in [0.25, 0.3) is 5.95 Å². The molecule has 0 aliphatic carbocycles. The molecule has 0 bridgehead atoms. The Kier molecular flexibility index (Phi) is 4.97. The molecule has 0 spiro atoms. The molecule has 0 saturated carbocycles. The molecule has 1 fully saturated rings. The molecular formula is C18H18N8O2. The van der Waals surface area contributed by atoms with Gasteiger partial charge in [-0.05, 0) is 11.2 Å². The Morgan fingerprint density at radius 2 is 1.82 bits per heavy atom. The third kappa shape index (κ3) is 3.83. The quantitative estimate of drug-likeness (QED) is 0.643. The van der Waals surface area contributed by atoms with Gasteiger partial charge in [0.1, 0.15) is 12.7 Å². The number of aromatic nitrogens is 5. The van der Waals surface area contributed by atoms with Crippen LogP contribution in [0.2, 0.25) is 0 Å². The number of piperazine rings is 1. The molecule has 1 aliphatic heterocycles. The first kappa shape index (κ1) is 17.7. The standard InChI is InChI=1S/C18H18N8O2/c1-13-23-18(24-28-13)26-6-4-25(5-7-26)17-21-10-16(11-22-17)27-12-14-2-3-20-9-15(14)8-19/h2-3,9-11H,4-7,12H2,1H3. The van der Waals surface area contributed by atoms with Crippen molar-refractivity contribution in [2.75, 3.05) is 36.0 Å². The number of aryl methyl sites for hydroxylation is 1. The van der Waals surface area contributed by atoms with Gasteiger partial charge in [-0.1, -0.05) is 0 Å². The van der Waals surface area contributed by atoms with Gasteiger partial charge < -0.3 is 19.1 Å². The van der Waals surface area contributed by atoms with Crippen molar-refractivity contribution in [3.63, 3.8) is 0 Å². The largest absolute Gasteiger partial charge is 0.486 e. The summed E-state index contributed by atoms with van der Waals surface area (Å²) in [6.45, 7) is 5.09. The lowest BCUT2D eigenvalue weighted by atomic mass is 10.2. The third-order valence-corrected chi connectivity index (χ3v) is 4.40. The number of pyridine rings is 1. The second-order valence-electron chi connectivity index (χ2n) is 6.24. The number of hydrogen-bond donors (Lipinski definition) is 0. The highest BCUT2D eigenvalue weighted by atomic mass is 16.5. The molecule has 1 saturated heterocycles. The summed E-state index contributed by atoms with van der Waals surface area (Å²) in [5.74, 6) is 2.38.